The van der Waals surface area contributed by atoms with Crippen molar-refractivity contribution in [2.45, 2.75) is 50.9 Å². The van der Waals surface area contributed by atoms with Crippen LogP contribution in [0.4, 0.5) is 10.6 Å². The molecule has 2 saturated heterocycles. The Kier molecular flexibility index (Phi) is 8.33. The number of carbonyl (C=O) groups excluding carboxylic acids is 2. The van der Waals surface area contributed by atoms with Crippen LogP contribution in [0.3, 0.4) is 0 Å². The van der Waals surface area contributed by atoms with Gasteiger partial charge >= 0.3 is 17.7 Å². The van der Waals surface area contributed by atoms with Crippen LogP contribution in [0.2, 0.25) is 0 Å². The Morgan fingerprint density at radius 2 is 1.74 bits per heavy atom. The SMILES string of the molecule is CC(C)(N)C(=O)N1CCN(C(=O)Nc2ccn(-c3ccc(CN4CCC(N)CC4)cc3)c(=O)n2)C[C@H]1C(=O)O. The molecule has 2 aromatic rings. The zero-order valence-electron chi connectivity index (χ0n) is 22.2. The van der Waals surface area contributed by atoms with Crippen LogP contribution in [0.1, 0.15) is 32.3 Å². The molecule has 0 saturated carbocycles. The first-order chi connectivity index (χ1) is 18.4. The zero-order chi connectivity index (χ0) is 28.3. The van der Waals surface area contributed by atoms with Crippen LogP contribution in [-0.4, -0.2) is 97.6 Å². The van der Waals surface area contributed by atoms with E-state index in [1.54, 1.807) is 0 Å². The lowest BCUT2D eigenvalue weighted by molar-refractivity contribution is -0.154. The number of carboxylic acid groups (broad SMARTS) is 1. The molecule has 2 aliphatic heterocycles. The Bertz CT molecular complexity index is 1260. The van der Waals surface area contributed by atoms with E-state index < -0.39 is 35.2 Å². The third kappa shape index (κ3) is 6.80. The minimum absolute atomic E-state index is 0.0141. The molecule has 2 fully saturated rings. The lowest BCUT2D eigenvalue weighted by atomic mass is 10.0. The number of hydrogen-bond acceptors (Lipinski definition) is 8. The van der Waals surface area contributed by atoms with Crippen molar-refractivity contribution < 1.29 is 19.5 Å². The van der Waals surface area contributed by atoms with Crippen LogP contribution in [0.15, 0.2) is 41.3 Å². The Balaban J connectivity index is 1.38. The highest BCUT2D eigenvalue weighted by molar-refractivity contribution is 5.92. The molecule has 0 bridgehead atoms. The first kappa shape index (κ1) is 28.2. The van der Waals surface area contributed by atoms with Gasteiger partial charge in [-0.2, -0.15) is 4.98 Å². The molecule has 1 atom stereocenters. The van der Waals surface area contributed by atoms with Gasteiger partial charge < -0.3 is 26.4 Å². The van der Waals surface area contributed by atoms with Gasteiger partial charge in [-0.3, -0.25) is 19.6 Å². The average Bonchev–Trinajstić information content (AvgIpc) is 2.89. The summed E-state index contributed by atoms with van der Waals surface area (Å²) in [7, 11) is 0. The number of rotatable bonds is 6. The lowest BCUT2D eigenvalue weighted by Crippen LogP contribution is -2.64. The minimum atomic E-state index is -1.24. The molecule has 3 heterocycles. The number of amides is 3. The average molecular weight is 541 g/mol. The second kappa shape index (κ2) is 11.5. The highest BCUT2D eigenvalue weighted by Gasteiger charge is 2.40. The van der Waals surface area contributed by atoms with E-state index in [9.17, 15) is 24.3 Å². The van der Waals surface area contributed by atoms with E-state index in [0.29, 0.717) is 5.69 Å². The molecular weight excluding hydrogens is 504 g/mol. The Labute approximate surface area is 226 Å². The molecule has 3 amide bonds. The van der Waals surface area contributed by atoms with Gasteiger partial charge in [0.15, 0.2) is 0 Å². The van der Waals surface area contributed by atoms with Crippen LogP contribution in [0, 0.1) is 0 Å². The second-order valence-corrected chi connectivity index (χ2v) is 10.7. The van der Waals surface area contributed by atoms with Gasteiger partial charge in [0, 0.05) is 31.9 Å². The van der Waals surface area contributed by atoms with E-state index in [4.69, 9.17) is 11.5 Å². The molecule has 6 N–H and O–H groups in total. The third-order valence-electron chi connectivity index (χ3n) is 7.06. The predicted molar refractivity (Wildman–Crippen MR) is 144 cm³/mol. The molecular formula is C26H36N8O5. The number of nitrogens with one attached hydrogen (secondary N) is 1. The first-order valence-electron chi connectivity index (χ1n) is 13.0. The Morgan fingerprint density at radius 3 is 2.33 bits per heavy atom. The van der Waals surface area contributed by atoms with Crippen LogP contribution >= 0.6 is 0 Å². The number of nitrogens with two attached hydrogens (primary N) is 2. The van der Waals surface area contributed by atoms with Gasteiger partial charge in [0.1, 0.15) is 11.9 Å². The number of urea groups is 1. The number of carbonyl (C=O) groups is 3. The summed E-state index contributed by atoms with van der Waals surface area (Å²) < 4.78 is 1.37. The topological polar surface area (TPSA) is 180 Å². The second-order valence-electron chi connectivity index (χ2n) is 10.7. The van der Waals surface area contributed by atoms with Crippen LogP contribution in [-0.2, 0) is 16.1 Å². The van der Waals surface area contributed by atoms with Crippen molar-refractivity contribution in [2.75, 3.05) is 38.0 Å². The van der Waals surface area contributed by atoms with Crippen LogP contribution in [0.25, 0.3) is 5.69 Å². The molecule has 0 radical (unpaired) electrons. The van der Waals surface area contributed by atoms with E-state index in [-0.39, 0.29) is 31.5 Å². The predicted octanol–water partition coefficient (Wildman–Crippen LogP) is 0.0222. The largest absolute Gasteiger partial charge is 0.480 e. The first-order valence-corrected chi connectivity index (χ1v) is 13.0. The zero-order valence-corrected chi connectivity index (χ0v) is 22.2. The standard InChI is InChI=1S/C26H36N8O5/c1-26(2,28)23(37)34-14-13-32(16-20(34)22(35)36)24(38)29-21-9-12-33(25(39)30-21)19-5-3-17(4-6-19)15-31-10-7-18(27)8-11-31/h3-6,9,12,18,20H,7-8,10-11,13-16,27-28H2,1-2H3,(H,35,36)(H,29,30,38,39)/t20-/m0/s1. The number of anilines is 1. The monoisotopic (exact) mass is 540 g/mol. The van der Waals surface area contributed by atoms with Gasteiger partial charge in [0.25, 0.3) is 0 Å². The summed E-state index contributed by atoms with van der Waals surface area (Å²) in [4.78, 5) is 58.7. The van der Waals surface area contributed by atoms with Crippen molar-refractivity contribution in [3.05, 3.63) is 52.6 Å². The van der Waals surface area contributed by atoms with Gasteiger partial charge in [-0.1, -0.05) is 12.1 Å². The van der Waals surface area contributed by atoms with E-state index >= 15 is 0 Å². The van der Waals surface area contributed by atoms with Crippen molar-refractivity contribution in [3.63, 3.8) is 0 Å². The van der Waals surface area contributed by atoms with E-state index in [1.807, 2.05) is 24.3 Å². The highest BCUT2D eigenvalue weighted by atomic mass is 16.4. The van der Waals surface area contributed by atoms with Gasteiger partial charge in [-0.05, 0) is 63.5 Å². The van der Waals surface area contributed by atoms with Gasteiger partial charge in [0.05, 0.1) is 17.8 Å². The number of likely N-dealkylation sites (tertiary alicyclic amines) is 1. The number of benzene rings is 1. The van der Waals surface area contributed by atoms with Crippen LogP contribution < -0.4 is 22.5 Å². The molecule has 0 spiro atoms. The quantitative estimate of drug-likeness (QED) is 0.393. The van der Waals surface area contributed by atoms with Crippen molar-refractivity contribution >= 4 is 23.7 Å². The third-order valence-corrected chi connectivity index (χ3v) is 7.06. The molecule has 0 unspecified atom stereocenters. The Hall–Kier alpha value is -3.81. The lowest BCUT2D eigenvalue weighted by Gasteiger charge is -2.41. The molecule has 1 aromatic heterocycles. The molecule has 210 valence electrons. The molecule has 13 heteroatoms. The number of piperidine rings is 1. The number of nitrogens with zero attached hydrogens (tertiary/aromatic N) is 5. The minimum Gasteiger partial charge on any atom is -0.480 e. The fourth-order valence-corrected chi connectivity index (χ4v) is 4.78. The fraction of sp³-hybridized carbons (Fsp3) is 0.500. The summed E-state index contributed by atoms with van der Waals surface area (Å²) in [5.74, 6) is -1.71. The molecule has 13 nitrogen and oxygen atoms in total. The maximum Gasteiger partial charge on any atom is 0.354 e. The fourth-order valence-electron chi connectivity index (χ4n) is 4.78. The summed E-state index contributed by atoms with van der Waals surface area (Å²) in [6.45, 7) is 5.65. The van der Waals surface area contributed by atoms with E-state index in [0.717, 1.165) is 38.0 Å². The summed E-state index contributed by atoms with van der Waals surface area (Å²) in [5, 5.41) is 12.2. The van der Waals surface area contributed by atoms with Crippen LogP contribution in [0.5, 0.6) is 0 Å². The van der Waals surface area contributed by atoms with Gasteiger partial charge in [-0.15, -0.1) is 0 Å². The van der Waals surface area contributed by atoms with E-state index in [1.165, 1.54) is 40.5 Å². The smallest absolute Gasteiger partial charge is 0.354 e. The van der Waals surface area contributed by atoms with Crippen molar-refractivity contribution in [1.82, 2.24) is 24.3 Å². The summed E-state index contributed by atoms with van der Waals surface area (Å²) in [6.07, 6.45) is 3.50. The molecule has 0 aliphatic carbocycles. The van der Waals surface area contributed by atoms with E-state index in [2.05, 4.69) is 15.2 Å². The van der Waals surface area contributed by atoms with Gasteiger partial charge in [0.2, 0.25) is 5.91 Å². The summed E-state index contributed by atoms with van der Waals surface area (Å²) in [5.41, 5.74) is 11.8. The van der Waals surface area contributed by atoms with Crippen molar-refractivity contribution in [1.29, 1.82) is 0 Å². The van der Waals surface area contributed by atoms with Crippen molar-refractivity contribution in [3.8, 4) is 5.69 Å². The maximum absolute atomic E-state index is 12.8. The number of piperazine rings is 1. The molecule has 39 heavy (non-hydrogen) atoms. The summed E-state index contributed by atoms with van der Waals surface area (Å²) in [6, 6.07) is 7.56. The molecule has 1 aromatic carbocycles. The number of hydrogen-bond donors (Lipinski definition) is 4. The number of aromatic nitrogens is 2. The molecule has 2 aliphatic rings. The molecule has 4 rings (SSSR count). The maximum atomic E-state index is 12.8. The Morgan fingerprint density at radius 1 is 1.08 bits per heavy atom. The normalized spacial score (nSPS) is 19.1. The van der Waals surface area contributed by atoms with Crippen molar-refractivity contribution in [2.24, 2.45) is 11.5 Å². The number of aliphatic carboxylic acids is 1. The summed E-state index contributed by atoms with van der Waals surface area (Å²) >= 11 is 0. The number of carboxylic acids is 1. The highest BCUT2D eigenvalue weighted by Crippen LogP contribution is 2.17. The van der Waals surface area contributed by atoms with Gasteiger partial charge in [-0.25, -0.2) is 14.4 Å².